The summed E-state index contributed by atoms with van der Waals surface area (Å²) in [5, 5.41) is 21.4. The maximum absolute atomic E-state index is 13.1. The number of hydrogen-bond acceptors (Lipinski definition) is 5. The number of halogens is 3. The summed E-state index contributed by atoms with van der Waals surface area (Å²) < 4.78 is 41.7. The molecule has 2 aromatic heterocycles. The molecule has 0 fully saturated rings. The minimum absolute atomic E-state index is 0.360. The average Bonchev–Trinajstić information content (AvgIpc) is 3.15. The summed E-state index contributed by atoms with van der Waals surface area (Å²) in [7, 11) is 0. The number of hydrogen-bond donors (Lipinski definition) is 1. The Labute approximate surface area is 181 Å². The first kappa shape index (κ1) is 23.0. The van der Waals surface area contributed by atoms with Gasteiger partial charge in [-0.1, -0.05) is 24.3 Å². The van der Waals surface area contributed by atoms with Crippen molar-refractivity contribution in [1.29, 1.82) is 0 Å². The number of rotatable bonds is 6. The summed E-state index contributed by atoms with van der Waals surface area (Å²) in [6.45, 7) is 6.41. The normalized spacial score (nSPS) is 11.6. The van der Waals surface area contributed by atoms with Crippen molar-refractivity contribution < 1.29 is 22.9 Å². The molecule has 0 saturated carbocycles. The van der Waals surface area contributed by atoms with Gasteiger partial charge in [0.25, 0.3) is 0 Å². The summed E-state index contributed by atoms with van der Waals surface area (Å²) in [6, 6.07) is 7.79. The minimum Gasteiger partial charge on any atom is -0.321 e. The van der Waals surface area contributed by atoms with Gasteiger partial charge >= 0.3 is 11.9 Å². The molecule has 0 bridgehead atoms. The predicted molar refractivity (Wildman–Crippen MR) is 109 cm³/mol. The molecule has 170 valence electrons. The van der Waals surface area contributed by atoms with Crippen LogP contribution >= 0.6 is 0 Å². The largest absolute Gasteiger partial charge is 0.442 e. The zero-order chi connectivity index (χ0) is 23.8. The second kappa shape index (κ2) is 8.44. The van der Waals surface area contributed by atoms with Gasteiger partial charge in [-0.3, -0.25) is 24.3 Å². The van der Waals surface area contributed by atoms with Gasteiger partial charge in [0.1, 0.15) is 12.2 Å². The Bertz CT molecular complexity index is 1200. The number of carbonyl (C=O) groups excluding carboxylic acids is 1. The lowest BCUT2D eigenvalue weighted by molar-refractivity contribution is -0.388. The van der Waals surface area contributed by atoms with E-state index in [-0.39, 0.29) is 5.69 Å². The van der Waals surface area contributed by atoms with E-state index in [9.17, 15) is 28.1 Å². The fourth-order valence-electron chi connectivity index (χ4n) is 3.40. The SMILES string of the molecule is Cc1ccccc1Cn1nc(C)c(NC(=O)Cn2nc(C(F)(F)F)c([N+](=O)[O-])c2C)c1C. The van der Waals surface area contributed by atoms with Crippen molar-refractivity contribution in [3.05, 3.63) is 68.3 Å². The van der Waals surface area contributed by atoms with Crippen LogP contribution in [0.1, 0.15) is 33.9 Å². The van der Waals surface area contributed by atoms with E-state index in [1.165, 1.54) is 0 Å². The fourth-order valence-corrected chi connectivity index (χ4v) is 3.40. The molecule has 0 aliphatic carbocycles. The van der Waals surface area contributed by atoms with Crippen LogP contribution in [0.3, 0.4) is 0 Å². The summed E-state index contributed by atoms with van der Waals surface area (Å²) in [6.07, 6.45) is -5.02. The van der Waals surface area contributed by atoms with Gasteiger partial charge in [-0.05, 0) is 38.8 Å². The molecule has 3 rings (SSSR count). The predicted octanol–water partition coefficient (Wildman–Crippen LogP) is 3.93. The number of aryl methyl sites for hydroxylation is 2. The summed E-state index contributed by atoms with van der Waals surface area (Å²) in [5.41, 5.74) is 0.605. The lowest BCUT2D eigenvalue weighted by Crippen LogP contribution is -2.21. The molecule has 0 saturated heterocycles. The van der Waals surface area contributed by atoms with Gasteiger partial charge in [0.2, 0.25) is 11.6 Å². The average molecular weight is 450 g/mol. The first-order valence-corrected chi connectivity index (χ1v) is 9.57. The number of alkyl halides is 3. The third kappa shape index (κ3) is 4.48. The van der Waals surface area contributed by atoms with Crippen molar-refractivity contribution in [3.63, 3.8) is 0 Å². The van der Waals surface area contributed by atoms with E-state index >= 15 is 0 Å². The molecule has 1 amide bonds. The molecule has 0 aliphatic rings. The molecule has 3 aromatic rings. The topological polar surface area (TPSA) is 108 Å². The van der Waals surface area contributed by atoms with Gasteiger partial charge in [0.15, 0.2) is 0 Å². The van der Waals surface area contributed by atoms with Crippen LogP contribution in [0, 0.1) is 37.8 Å². The van der Waals surface area contributed by atoms with Gasteiger partial charge < -0.3 is 5.32 Å². The summed E-state index contributed by atoms with van der Waals surface area (Å²) >= 11 is 0. The second-order valence-electron chi connectivity index (χ2n) is 7.37. The van der Waals surface area contributed by atoms with E-state index < -0.39 is 34.9 Å². The van der Waals surface area contributed by atoms with Crippen molar-refractivity contribution in [1.82, 2.24) is 19.6 Å². The smallest absolute Gasteiger partial charge is 0.321 e. The number of amides is 1. The lowest BCUT2D eigenvalue weighted by Gasteiger charge is -2.09. The van der Waals surface area contributed by atoms with Crippen molar-refractivity contribution in [2.75, 3.05) is 5.32 Å². The Morgan fingerprint density at radius 3 is 2.31 bits per heavy atom. The zero-order valence-electron chi connectivity index (χ0n) is 17.8. The van der Waals surface area contributed by atoms with Crippen LogP contribution in [-0.4, -0.2) is 30.4 Å². The first-order valence-electron chi connectivity index (χ1n) is 9.57. The van der Waals surface area contributed by atoms with Crippen LogP contribution in [-0.2, 0) is 24.1 Å². The van der Waals surface area contributed by atoms with Crippen LogP contribution in [0.2, 0.25) is 0 Å². The Kier molecular flexibility index (Phi) is 6.06. The molecular formula is C20H21F3N6O3. The van der Waals surface area contributed by atoms with Crippen molar-refractivity contribution >= 4 is 17.3 Å². The Morgan fingerprint density at radius 2 is 1.75 bits per heavy atom. The monoisotopic (exact) mass is 450 g/mol. The molecule has 0 atom stereocenters. The zero-order valence-corrected chi connectivity index (χ0v) is 17.8. The number of carbonyl (C=O) groups is 1. The Balaban J connectivity index is 1.83. The van der Waals surface area contributed by atoms with Gasteiger partial charge in [-0.15, -0.1) is 0 Å². The minimum atomic E-state index is -5.02. The van der Waals surface area contributed by atoms with Crippen LogP contribution < -0.4 is 5.32 Å². The fraction of sp³-hybridized carbons (Fsp3) is 0.350. The highest BCUT2D eigenvalue weighted by Crippen LogP contribution is 2.37. The highest BCUT2D eigenvalue weighted by Gasteiger charge is 2.44. The van der Waals surface area contributed by atoms with E-state index in [2.05, 4.69) is 15.5 Å². The van der Waals surface area contributed by atoms with Gasteiger partial charge in [-0.25, -0.2) is 0 Å². The summed E-state index contributed by atoms with van der Waals surface area (Å²) in [4.78, 5) is 22.5. The number of nitrogens with zero attached hydrogens (tertiary/aromatic N) is 5. The van der Waals surface area contributed by atoms with Gasteiger partial charge in [0, 0.05) is 0 Å². The second-order valence-corrected chi connectivity index (χ2v) is 7.37. The quantitative estimate of drug-likeness (QED) is 0.452. The number of benzene rings is 1. The third-order valence-electron chi connectivity index (χ3n) is 5.15. The molecule has 0 unspecified atom stereocenters. The molecule has 1 aromatic carbocycles. The molecule has 0 spiro atoms. The van der Waals surface area contributed by atoms with Gasteiger partial charge in [0.05, 0.1) is 28.5 Å². The number of aromatic nitrogens is 4. The molecule has 9 nitrogen and oxygen atoms in total. The maximum Gasteiger partial charge on any atom is 0.442 e. The van der Waals surface area contributed by atoms with E-state index in [4.69, 9.17) is 0 Å². The van der Waals surface area contributed by atoms with E-state index in [0.29, 0.717) is 28.3 Å². The van der Waals surface area contributed by atoms with Crippen molar-refractivity contribution in [2.24, 2.45) is 0 Å². The van der Waals surface area contributed by atoms with Crippen molar-refractivity contribution in [3.8, 4) is 0 Å². The number of nitro groups is 1. The number of nitrogens with one attached hydrogen (secondary N) is 1. The molecule has 2 heterocycles. The van der Waals surface area contributed by atoms with E-state index in [1.54, 1.807) is 18.5 Å². The van der Waals surface area contributed by atoms with Crippen LogP contribution in [0.4, 0.5) is 24.5 Å². The number of anilines is 1. The molecule has 32 heavy (non-hydrogen) atoms. The van der Waals surface area contributed by atoms with Crippen molar-refractivity contribution in [2.45, 2.75) is 47.0 Å². The summed E-state index contributed by atoms with van der Waals surface area (Å²) in [5.74, 6) is -0.680. The van der Waals surface area contributed by atoms with E-state index in [0.717, 1.165) is 18.1 Å². The molecule has 12 heteroatoms. The Morgan fingerprint density at radius 1 is 1.09 bits per heavy atom. The molecule has 0 radical (unpaired) electrons. The maximum atomic E-state index is 13.1. The standard InChI is InChI=1S/C20H21F3N6O3/c1-11-7-5-6-8-15(11)9-27-13(3)17(12(2)25-27)24-16(30)10-28-14(4)18(29(31)32)19(26-28)20(21,22)23/h5-8H,9-10H2,1-4H3,(H,24,30). The highest BCUT2D eigenvalue weighted by molar-refractivity contribution is 5.91. The lowest BCUT2D eigenvalue weighted by atomic mass is 10.1. The van der Waals surface area contributed by atoms with E-state index in [1.807, 2.05) is 31.2 Å². The van der Waals surface area contributed by atoms with Crippen LogP contribution in [0.5, 0.6) is 0 Å². The molecule has 1 N–H and O–H groups in total. The third-order valence-corrected chi connectivity index (χ3v) is 5.15. The Hall–Kier alpha value is -3.70. The van der Waals surface area contributed by atoms with Crippen LogP contribution in [0.15, 0.2) is 24.3 Å². The molecule has 0 aliphatic heterocycles. The first-order chi connectivity index (χ1) is 14.9. The van der Waals surface area contributed by atoms with Gasteiger partial charge in [-0.2, -0.15) is 23.4 Å². The molecular weight excluding hydrogens is 429 g/mol. The highest BCUT2D eigenvalue weighted by atomic mass is 19.4. The van der Waals surface area contributed by atoms with Crippen LogP contribution in [0.25, 0.3) is 0 Å².